The quantitative estimate of drug-likeness (QED) is 0.837. The van der Waals surface area contributed by atoms with E-state index in [2.05, 4.69) is 0 Å². The summed E-state index contributed by atoms with van der Waals surface area (Å²) in [4.78, 5) is 1.89. The first-order valence-corrected chi connectivity index (χ1v) is 8.78. The third-order valence-electron chi connectivity index (χ3n) is 3.61. The highest BCUT2D eigenvalue weighted by Crippen LogP contribution is 2.34. The summed E-state index contributed by atoms with van der Waals surface area (Å²) in [5.41, 5.74) is 1.03. The molecule has 112 valence electrons. The highest BCUT2D eigenvalue weighted by atomic mass is 35.5. The standard InChI is InChI=1S/C14H21ClN2O2S/c1-16(2)10-11-20(18,19)17-9-3-4-14(17)12-5-7-13(15)8-6-12/h5-8,14H,3-4,9-11H2,1-2H3/t14-/m0/s1. The molecule has 0 N–H and O–H groups in total. The van der Waals surface area contributed by atoms with Crippen LogP contribution in [0.4, 0.5) is 0 Å². The predicted octanol–water partition coefficient (Wildman–Crippen LogP) is 2.37. The molecule has 0 bridgehead atoms. The fourth-order valence-electron chi connectivity index (χ4n) is 2.51. The number of hydrogen-bond donors (Lipinski definition) is 0. The summed E-state index contributed by atoms with van der Waals surface area (Å²) < 4.78 is 26.6. The second-order valence-corrected chi connectivity index (χ2v) is 7.92. The Bertz CT molecular complexity index is 543. The summed E-state index contributed by atoms with van der Waals surface area (Å²) >= 11 is 5.89. The van der Waals surface area contributed by atoms with Gasteiger partial charge in [-0.1, -0.05) is 23.7 Å². The molecule has 0 unspecified atom stereocenters. The molecule has 1 aromatic carbocycles. The van der Waals surface area contributed by atoms with Crippen molar-refractivity contribution in [1.29, 1.82) is 0 Å². The molecule has 1 heterocycles. The van der Waals surface area contributed by atoms with Crippen molar-refractivity contribution >= 4 is 21.6 Å². The van der Waals surface area contributed by atoms with Gasteiger partial charge in [0.2, 0.25) is 10.0 Å². The minimum Gasteiger partial charge on any atom is -0.308 e. The van der Waals surface area contributed by atoms with Gasteiger partial charge in [0.25, 0.3) is 0 Å². The monoisotopic (exact) mass is 316 g/mol. The van der Waals surface area contributed by atoms with Crippen LogP contribution < -0.4 is 0 Å². The van der Waals surface area contributed by atoms with Gasteiger partial charge in [-0.15, -0.1) is 0 Å². The fraction of sp³-hybridized carbons (Fsp3) is 0.571. The van der Waals surface area contributed by atoms with Crippen molar-refractivity contribution in [2.24, 2.45) is 0 Å². The zero-order valence-electron chi connectivity index (χ0n) is 11.9. The molecule has 0 aliphatic carbocycles. The maximum absolute atomic E-state index is 12.5. The van der Waals surface area contributed by atoms with Crippen molar-refractivity contribution < 1.29 is 8.42 Å². The minimum atomic E-state index is -3.20. The Balaban J connectivity index is 2.16. The summed E-state index contributed by atoms with van der Waals surface area (Å²) in [6, 6.07) is 7.44. The van der Waals surface area contributed by atoms with Gasteiger partial charge in [-0.3, -0.25) is 0 Å². The molecule has 1 saturated heterocycles. The maximum atomic E-state index is 12.5. The molecule has 1 fully saturated rings. The lowest BCUT2D eigenvalue weighted by molar-refractivity contribution is 0.384. The first kappa shape index (κ1) is 15.8. The van der Waals surface area contributed by atoms with Crippen molar-refractivity contribution in [1.82, 2.24) is 9.21 Å². The van der Waals surface area contributed by atoms with Crippen LogP contribution in [0.25, 0.3) is 0 Å². The van der Waals surface area contributed by atoms with Crippen LogP contribution in [0.2, 0.25) is 5.02 Å². The zero-order valence-corrected chi connectivity index (χ0v) is 13.5. The summed E-state index contributed by atoms with van der Waals surface area (Å²) in [5, 5.41) is 0.675. The van der Waals surface area contributed by atoms with E-state index in [0.29, 0.717) is 18.1 Å². The zero-order chi connectivity index (χ0) is 14.8. The van der Waals surface area contributed by atoms with Crippen LogP contribution >= 0.6 is 11.6 Å². The van der Waals surface area contributed by atoms with Crippen LogP contribution in [-0.4, -0.2) is 50.6 Å². The summed E-state index contributed by atoms with van der Waals surface area (Å²) in [6.45, 7) is 1.16. The molecule has 1 aliphatic heterocycles. The van der Waals surface area contributed by atoms with Gasteiger partial charge in [-0.25, -0.2) is 8.42 Å². The first-order chi connectivity index (χ1) is 9.40. The number of sulfonamides is 1. The summed E-state index contributed by atoms with van der Waals surface area (Å²) in [6.07, 6.45) is 1.79. The SMILES string of the molecule is CN(C)CCS(=O)(=O)N1CCC[C@H]1c1ccc(Cl)cc1. The van der Waals surface area contributed by atoms with Crippen molar-refractivity contribution in [3.8, 4) is 0 Å². The number of halogens is 1. The van der Waals surface area contributed by atoms with Gasteiger partial charge in [-0.2, -0.15) is 4.31 Å². The van der Waals surface area contributed by atoms with E-state index in [1.807, 2.05) is 43.3 Å². The van der Waals surface area contributed by atoms with Gasteiger partial charge in [-0.05, 0) is 44.6 Å². The van der Waals surface area contributed by atoms with Crippen LogP contribution in [0.1, 0.15) is 24.4 Å². The van der Waals surface area contributed by atoms with Gasteiger partial charge in [0.05, 0.1) is 5.75 Å². The van der Waals surface area contributed by atoms with E-state index >= 15 is 0 Å². The molecule has 0 spiro atoms. The van der Waals surface area contributed by atoms with Gasteiger partial charge < -0.3 is 4.90 Å². The number of hydrogen-bond acceptors (Lipinski definition) is 3. The molecule has 0 radical (unpaired) electrons. The van der Waals surface area contributed by atoms with Crippen molar-refractivity contribution in [3.05, 3.63) is 34.9 Å². The summed E-state index contributed by atoms with van der Waals surface area (Å²) in [7, 11) is 0.566. The molecule has 0 aromatic heterocycles. The lowest BCUT2D eigenvalue weighted by atomic mass is 10.1. The molecule has 6 heteroatoms. The van der Waals surface area contributed by atoms with E-state index in [4.69, 9.17) is 11.6 Å². The van der Waals surface area contributed by atoms with E-state index in [-0.39, 0.29) is 11.8 Å². The normalized spacial score (nSPS) is 20.7. The van der Waals surface area contributed by atoms with Crippen molar-refractivity contribution in [2.75, 3.05) is 32.9 Å². The first-order valence-electron chi connectivity index (χ1n) is 6.80. The maximum Gasteiger partial charge on any atom is 0.215 e. The Morgan fingerprint density at radius 3 is 2.55 bits per heavy atom. The molecular formula is C14H21ClN2O2S. The molecule has 0 amide bonds. The Labute approximate surface area is 126 Å². The van der Waals surface area contributed by atoms with Crippen molar-refractivity contribution in [3.63, 3.8) is 0 Å². The van der Waals surface area contributed by atoms with Gasteiger partial charge in [0.15, 0.2) is 0 Å². The second-order valence-electron chi connectivity index (χ2n) is 5.44. The van der Waals surface area contributed by atoms with Crippen LogP contribution in [0.3, 0.4) is 0 Å². The molecule has 4 nitrogen and oxygen atoms in total. The number of benzene rings is 1. The lowest BCUT2D eigenvalue weighted by Gasteiger charge is -2.25. The third-order valence-corrected chi connectivity index (χ3v) is 5.71. The molecule has 1 atom stereocenters. The number of rotatable bonds is 5. The largest absolute Gasteiger partial charge is 0.308 e. The predicted molar refractivity (Wildman–Crippen MR) is 82.5 cm³/mol. The van der Waals surface area contributed by atoms with Crippen LogP contribution in [0, 0.1) is 0 Å². The Hall–Kier alpha value is -0.620. The van der Waals surface area contributed by atoms with E-state index in [1.54, 1.807) is 4.31 Å². The Morgan fingerprint density at radius 1 is 1.30 bits per heavy atom. The smallest absolute Gasteiger partial charge is 0.215 e. The molecule has 2 rings (SSSR count). The highest BCUT2D eigenvalue weighted by molar-refractivity contribution is 7.89. The van der Waals surface area contributed by atoms with Gasteiger partial charge in [0, 0.05) is 24.2 Å². The molecule has 1 aromatic rings. The average molecular weight is 317 g/mol. The Morgan fingerprint density at radius 2 is 1.95 bits per heavy atom. The molecule has 20 heavy (non-hydrogen) atoms. The minimum absolute atomic E-state index is 0.0422. The lowest BCUT2D eigenvalue weighted by Crippen LogP contribution is -2.35. The molecule has 0 saturated carbocycles. The topological polar surface area (TPSA) is 40.6 Å². The highest BCUT2D eigenvalue weighted by Gasteiger charge is 2.34. The summed E-state index contributed by atoms with van der Waals surface area (Å²) in [5.74, 6) is 0.171. The fourth-order valence-corrected chi connectivity index (χ4v) is 4.48. The van der Waals surface area contributed by atoms with Crippen LogP contribution in [-0.2, 0) is 10.0 Å². The molecule has 1 aliphatic rings. The van der Waals surface area contributed by atoms with Crippen molar-refractivity contribution in [2.45, 2.75) is 18.9 Å². The third kappa shape index (κ3) is 3.73. The van der Waals surface area contributed by atoms with E-state index < -0.39 is 10.0 Å². The van der Waals surface area contributed by atoms with E-state index in [0.717, 1.165) is 18.4 Å². The average Bonchev–Trinajstić information content (AvgIpc) is 2.87. The van der Waals surface area contributed by atoms with E-state index in [1.165, 1.54) is 0 Å². The van der Waals surface area contributed by atoms with Gasteiger partial charge in [0.1, 0.15) is 0 Å². The Kier molecular flexibility index (Phi) is 5.07. The van der Waals surface area contributed by atoms with Crippen LogP contribution in [0.15, 0.2) is 24.3 Å². The van der Waals surface area contributed by atoms with E-state index in [9.17, 15) is 8.42 Å². The number of nitrogens with zero attached hydrogens (tertiary/aromatic N) is 2. The molecular weight excluding hydrogens is 296 g/mol. The van der Waals surface area contributed by atoms with Gasteiger partial charge >= 0.3 is 0 Å². The second kappa shape index (κ2) is 6.43. The van der Waals surface area contributed by atoms with Crippen LogP contribution in [0.5, 0.6) is 0 Å².